The SMILES string of the molecule is C1=Nc2ccccc2Oc2ccccc21.P. The Morgan fingerprint density at radius 3 is 2.38 bits per heavy atom. The number of hydrogen-bond donors (Lipinski definition) is 0. The fourth-order valence-corrected chi connectivity index (χ4v) is 1.59. The molecule has 16 heavy (non-hydrogen) atoms. The van der Waals surface area contributed by atoms with E-state index in [0.29, 0.717) is 0 Å². The Kier molecular flexibility index (Phi) is 3.02. The van der Waals surface area contributed by atoms with E-state index in [9.17, 15) is 0 Å². The Labute approximate surface area is 97.6 Å². The molecule has 0 aliphatic carbocycles. The molecule has 3 rings (SSSR count). The van der Waals surface area contributed by atoms with E-state index in [-0.39, 0.29) is 9.90 Å². The number of aliphatic imine (C=N–C) groups is 1. The van der Waals surface area contributed by atoms with Gasteiger partial charge in [0, 0.05) is 11.8 Å². The van der Waals surface area contributed by atoms with Crippen LogP contribution in [0, 0.1) is 0 Å². The van der Waals surface area contributed by atoms with Gasteiger partial charge in [-0.25, -0.2) is 0 Å². The van der Waals surface area contributed by atoms with Crippen LogP contribution in [-0.2, 0) is 0 Å². The summed E-state index contributed by atoms with van der Waals surface area (Å²) in [7, 11) is 0. The molecule has 0 aromatic heterocycles. The second kappa shape index (κ2) is 4.46. The van der Waals surface area contributed by atoms with Gasteiger partial charge < -0.3 is 4.74 Å². The lowest BCUT2D eigenvalue weighted by Gasteiger charge is -2.06. The predicted molar refractivity (Wildman–Crippen MR) is 71.3 cm³/mol. The van der Waals surface area contributed by atoms with Crippen LogP contribution in [0.15, 0.2) is 53.5 Å². The smallest absolute Gasteiger partial charge is 0.153 e. The molecule has 2 nitrogen and oxygen atoms in total. The molecule has 0 amide bonds. The van der Waals surface area contributed by atoms with Gasteiger partial charge in [-0.1, -0.05) is 24.3 Å². The van der Waals surface area contributed by atoms with E-state index < -0.39 is 0 Å². The zero-order chi connectivity index (χ0) is 10.1. The maximum Gasteiger partial charge on any atom is 0.153 e. The molecule has 0 saturated carbocycles. The summed E-state index contributed by atoms with van der Waals surface area (Å²) < 4.78 is 5.78. The van der Waals surface area contributed by atoms with Gasteiger partial charge in [0.15, 0.2) is 5.75 Å². The second-order valence-corrected chi connectivity index (χ2v) is 3.37. The molecule has 3 heteroatoms. The van der Waals surface area contributed by atoms with Crippen LogP contribution in [0.4, 0.5) is 5.69 Å². The Morgan fingerprint density at radius 1 is 0.812 bits per heavy atom. The van der Waals surface area contributed by atoms with Crippen LogP contribution in [0.3, 0.4) is 0 Å². The lowest BCUT2D eigenvalue weighted by Crippen LogP contribution is -1.86. The van der Waals surface area contributed by atoms with E-state index in [1.54, 1.807) is 0 Å². The molecule has 80 valence electrons. The van der Waals surface area contributed by atoms with Crippen LogP contribution in [0.2, 0.25) is 0 Å². The molecule has 0 bridgehead atoms. The highest BCUT2D eigenvalue weighted by molar-refractivity contribution is 6.92. The van der Waals surface area contributed by atoms with Crippen LogP contribution in [0.25, 0.3) is 0 Å². The molecule has 1 unspecified atom stereocenters. The third-order valence-electron chi connectivity index (χ3n) is 2.35. The fraction of sp³-hybridized carbons (Fsp3) is 0. The van der Waals surface area contributed by atoms with Crippen molar-refractivity contribution in [3.05, 3.63) is 54.1 Å². The highest BCUT2D eigenvalue weighted by Gasteiger charge is 2.09. The highest BCUT2D eigenvalue weighted by Crippen LogP contribution is 2.35. The molecule has 1 heterocycles. The van der Waals surface area contributed by atoms with Crippen molar-refractivity contribution < 1.29 is 4.74 Å². The Bertz CT molecular complexity index is 489. The van der Waals surface area contributed by atoms with Crippen molar-refractivity contribution in [3.63, 3.8) is 0 Å². The lowest BCUT2D eigenvalue weighted by molar-refractivity contribution is 0.485. The number of rotatable bonds is 0. The fourth-order valence-electron chi connectivity index (χ4n) is 1.59. The van der Waals surface area contributed by atoms with Crippen molar-refractivity contribution in [2.45, 2.75) is 0 Å². The quantitative estimate of drug-likeness (QED) is 0.540. The Morgan fingerprint density at radius 2 is 1.50 bits per heavy atom. The molecule has 0 spiro atoms. The van der Waals surface area contributed by atoms with Crippen molar-refractivity contribution in [2.75, 3.05) is 0 Å². The van der Waals surface area contributed by atoms with Gasteiger partial charge in [0.1, 0.15) is 11.4 Å². The van der Waals surface area contributed by atoms with Crippen LogP contribution >= 0.6 is 9.90 Å². The van der Waals surface area contributed by atoms with Gasteiger partial charge in [0.25, 0.3) is 0 Å². The van der Waals surface area contributed by atoms with Gasteiger partial charge >= 0.3 is 0 Å². The maximum atomic E-state index is 5.78. The van der Waals surface area contributed by atoms with E-state index in [1.807, 2.05) is 54.7 Å². The largest absolute Gasteiger partial charge is 0.454 e. The van der Waals surface area contributed by atoms with E-state index >= 15 is 0 Å². The van der Waals surface area contributed by atoms with E-state index in [2.05, 4.69) is 4.99 Å². The zero-order valence-electron chi connectivity index (χ0n) is 8.76. The molecule has 1 aliphatic heterocycles. The summed E-state index contributed by atoms with van der Waals surface area (Å²) in [6.45, 7) is 0. The topological polar surface area (TPSA) is 21.6 Å². The summed E-state index contributed by atoms with van der Waals surface area (Å²) in [5, 5.41) is 0. The standard InChI is InChI=1S/C13H9NO.H3P/c1-3-7-12-10(5-1)9-14-11-6-2-4-8-13(11)15-12;/h1-9H;1H3. The van der Waals surface area contributed by atoms with Gasteiger partial charge in [-0.15, -0.1) is 0 Å². The minimum atomic E-state index is 0. The van der Waals surface area contributed by atoms with E-state index in [4.69, 9.17) is 4.74 Å². The average Bonchev–Trinajstić information content (AvgIpc) is 2.48. The minimum Gasteiger partial charge on any atom is -0.454 e. The first-order valence-electron chi connectivity index (χ1n) is 4.83. The molecule has 0 radical (unpaired) electrons. The van der Waals surface area contributed by atoms with Crippen molar-refractivity contribution in [1.82, 2.24) is 0 Å². The van der Waals surface area contributed by atoms with Crippen molar-refractivity contribution in [2.24, 2.45) is 4.99 Å². The monoisotopic (exact) mass is 229 g/mol. The number of ether oxygens (including phenoxy) is 1. The first-order valence-corrected chi connectivity index (χ1v) is 4.83. The van der Waals surface area contributed by atoms with Gasteiger partial charge in [-0.2, -0.15) is 9.90 Å². The Hall–Kier alpha value is -1.66. The van der Waals surface area contributed by atoms with Crippen LogP contribution in [-0.4, -0.2) is 6.21 Å². The lowest BCUT2D eigenvalue weighted by atomic mass is 10.2. The second-order valence-electron chi connectivity index (χ2n) is 3.37. The van der Waals surface area contributed by atoms with Crippen LogP contribution in [0.1, 0.15) is 5.56 Å². The summed E-state index contributed by atoms with van der Waals surface area (Å²) in [6.07, 6.45) is 1.83. The summed E-state index contributed by atoms with van der Waals surface area (Å²) in [5.74, 6) is 1.66. The Balaban J connectivity index is 0.000000963. The molecule has 1 atom stereocenters. The minimum absolute atomic E-state index is 0. The zero-order valence-corrected chi connectivity index (χ0v) is 10.2. The van der Waals surface area contributed by atoms with Gasteiger partial charge in [-0.3, -0.25) is 4.99 Å². The molecule has 2 aromatic rings. The van der Waals surface area contributed by atoms with E-state index in [0.717, 1.165) is 22.7 Å². The molecule has 1 aliphatic rings. The summed E-state index contributed by atoms with van der Waals surface area (Å²) in [5.41, 5.74) is 1.88. The number of nitrogens with zero attached hydrogens (tertiary/aromatic N) is 1. The van der Waals surface area contributed by atoms with Gasteiger partial charge in [0.2, 0.25) is 0 Å². The third kappa shape index (κ3) is 1.84. The molecular formula is C13H12NOP. The van der Waals surface area contributed by atoms with Gasteiger partial charge in [0.05, 0.1) is 0 Å². The molecular weight excluding hydrogens is 217 g/mol. The summed E-state index contributed by atoms with van der Waals surface area (Å²) in [4.78, 5) is 4.38. The molecule has 0 N–H and O–H groups in total. The molecule has 2 aromatic carbocycles. The number of fused-ring (bicyclic) bond motifs is 2. The molecule has 0 saturated heterocycles. The normalized spacial score (nSPS) is 11.5. The number of hydrogen-bond acceptors (Lipinski definition) is 2. The summed E-state index contributed by atoms with van der Waals surface area (Å²) >= 11 is 0. The highest BCUT2D eigenvalue weighted by atomic mass is 31.0. The van der Waals surface area contributed by atoms with Gasteiger partial charge in [-0.05, 0) is 24.3 Å². The number of benzene rings is 2. The van der Waals surface area contributed by atoms with Crippen molar-refractivity contribution in [3.8, 4) is 11.5 Å². The van der Waals surface area contributed by atoms with E-state index in [1.165, 1.54) is 0 Å². The molecule has 0 fully saturated rings. The maximum absolute atomic E-state index is 5.78. The van der Waals surface area contributed by atoms with Crippen molar-refractivity contribution in [1.29, 1.82) is 0 Å². The van der Waals surface area contributed by atoms with Crippen LogP contribution in [0.5, 0.6) is 11.5 Å². The summed E-state index contributed by atoms with van der Waals surface area (Å²) in [6, 6.07) is 15.6. The first kappa shape index (κ1) is 10.8. The number of para-hydroxylation sites is 3. The third-order valence-corrected chi connectivity index (χ3v) is 2.35. The first-order chi connectivity index (χ1) is 7.43. The average molecular weight is 229 g/mol. The predicted octanol–water partition coefficient (Wildman–Crippen LogP) is 3.60. The van der Waals surface area contributed by atoms with Crippen LogP contribution < -0.4 is 4.74 Å². The van der Waals surface area contributed by atoms with Crippen molar-refractivity contribution >= 4 is 21.8 Å².